The number of pyridine rings is 1. The van der Waals surface area contributed by atoms with Gasteiger partial charge >= 0.3 is 0 Å². The number of thiazole rings is 1. The second kappa shape index (κ2) is 8.65. The van der Waals surface area contributed by atoms with E-state index in [9.17, 15) is 9.59 Å². The number of hydrogen-bond acceptors (Lipinski definition) is 4. The van der Waals surface area contributed by atoms with Crippen molar-refractivity contribution in [3.05, 3.63) is 104 Å². The number of carbonyl (C=O) groups excluding carboxylic acids is 1. The molecule has 7 heteroatoms. The van der Waals surface area contributed by atoms with E-state index in [0.29, 0.717) is 27.3 Å². The van der Waals surface area contributed by atoms with Crippen LogP contribution in [0.1, 0.15) is 20.9 Å². The van der Waals surface area contributed by atoms with Crippen molar-refractivity contribution in [2.45, 2.75) is 13.5 Å². The quantitative estimate of drug-likeness (QED) is 0.487. The van der Waals surface area contributed by atoms with Gasteiger partial charge in [-0.15, -0.1) is 0 Å². The van der Waals surface area contributed by atoms with Gasteiger partial charge in [0.25, 0.3) is 11.5 Å². The van der Waals surface area contributed by atoms with E-state index in [1.54, 1.807) is 31.3 Å². The predicted molar refractivity (Wildman–Crippen MR) is 121 cm³/mol. The zero-order valence-electron chi connectivity index (χ0n) is 16.1. The molecule has 0 aliphatic carbocycles. The average molecular weight is 436 g/mol. The lowest BCUT2D eigenvalue weighted by atomic mass is 10.1. The molecule has 2 aromatic heterocycles. The Kier molecular flexibility index (Phi) is 5.79. The van der Waals surface area contributed by atoms with Crippen LogP contribution in [0.25, 0.3) is 16.3 Å². The summed E-state index contributed by atoms with van der Waals surface area (Å²) in [6.45, 7) is 2.20. The molecule has 0 atom stereocenters. The summed E-state index contributed by atoms with van der Waals surface area (Å²) in [5.74, 6) is -0.203. The molecule has 2 heterocycles. The number of aryl methyl sites for hydroxylation is 1. The first kappa shape index (κ1) is 20.1. The Labute approximate surface area is 182 Å². The standard InChI is InChI=1S/C23H18ClN3O2S/c1-15-21(22(29)25-14-16-5-3-2-4-6-16)30-23(26-15)27-12-11-18(13-20(27)28)17-7-9-19(24)10-8-17/h2-13H,14H2,1H3,(H,25,29). The van der Waals surface area contributed by atoms with Gasteiger partial charge in [-0.25, -0.2) is 4.98 Å². The van der Waals surface area contributed by atoms with Gasteiger partial charge in [0.05, 0.1) is 5.69 Å². The third-order valence-corrected chi connectivity index (χ3v) is 6.00. The van der Waals surface area contributed by atoms with Crippen LogP contribution >= 0.6 is 22.9 Å². The first-order valence-corrected chi connectivity index (χ1v) is 10.5. The minimum atomic E-state index is -0.215. The van der Waals surface area contributed by atoms with Crippen LogP contribution in [-0.2, 0) is 6.54 Å². The van der Waals surface area contributed by atoms with Gasteiger partial charge in [0.2, 0.25) is 0 Å². The molecule has 0 radical (unpaired) electrons. The highest BCUT2D eigenvalue weighted by atomic mass is 35.5. The Morgan fingerprint density at radius 1 is 1.07 bits per heavy atom. The van der Waals surface area contributed by atoms with Crippen LogP contribution in [-0.4, -0.2) is 15.5 Å². The van der Waals surface area contributed by atoms with Crippen molar-refractivity contribution in [2.75, 3.05) is 0 Å². The third kappa shape index (κ3) is 4.35. The average Bonchev–Trinajstić information content (AvgIpc) is 3.14. The van der Waals surface area contributed by atoms with Crippen molar-refractivity contribution in [1.29, 1.82) is 0 Å². The Hall–Kier alpha value is -3.22. The summed E-state index contributed by atoms with van der Waals surface area (Å²) in [7, 11) is 0. The topological polar surface area (TPSA) is 64.0 Å². The number of aromatic nitrogens is 2. The Morgan fingerprint density at radius 3 is 2.50 bits per heavy atom. The SMILES string of the molecule is Cc1nc(-n2ccc(-c3ccc(Cl)cc3)cc2=O)sc1C(=O)NCc1ccccc1. The Balaban J connectivity index is 1.55. The molecule has 5 nitrogen and oxygen atoms in total. The van der Waals surface area contributed by atoms with E-state index in [0.717, 1.165) is 16.7 Å². The summed E-state index contributed by atoms with van der Waals surface area (Å²) in [6.07, 6.45) is 1.68. The molecule has 150 valence electrons. The first-order valence-electron chi connectivity index (χ1n) is 9.30. The molecule has 4 aromatic rings. The molecule has 0 saturated carbocycles. The molecule has 0 fully saturated rings. The zero-order valence-corrected chi connectivity index (χ0v) is 17.7. The number of halogens is 1. The van der Waals surface area contributed by atoms with Crippen LogP contribution in [0.15, 0.2) is 77.7 Å². The highest BCUT2D eigenvalue weighted by molar-refractivity contribution is 7.16. The lowest BCUT2D eigenvalue weighted by Crippen LogP contribution is -2.22. The second-order valence-corrected chi connectivity index (χ2v) is 8.12. The lowest BCUT2D eigenvalue weighted by molar-refractivity contribution is 0.0954. The summed E-state index contributed by atoms with van der Waals surface area (Å²) >= 11 is 7.13. The van der Waals surface area contributed by atoms with Crippen molar-refractivity contribution in [3.63, 3.8) is 0 Å². The summed E-state index contributed by atoms with van der Waals surface area (Å²) in [4.78, 5) is 30.2. The van der Waals surface area contributed by atoms with Gasteiger partial charge in [-0.2, -0.15) is 0 Å². The molecule has 30 heavy (non-hydrogen) atoms. The smallest absolute Gasteiger partial charge is 0.263 e. The van der Waals surface area contributed by atoms with Gasteiger partial charge < -0.3 is 5.32 Å². The third-order valence-electron chi connectivity index (χ3n) is 4.59. The minimum absolute atomic E-state index is 0.203. The Bertz CT molecular complexity index is 1250. The molecular formula is C23H18ClN3O2S. The molecule has 0 bridgehead atoms. The maximum absolute atomic E-state index is 12.7. The first-order chi connectivity index (χ1) is 14.5. The number of nitrogens with one attached hydrogen (secondary N) is 1. The van der Waals surface area contributed by atoms with Crippen LogP contribution in [0.4, 0.5) is 0 Å². The van der Waals surface area contributed by atoms with E-state index in [4.69, 9.17) is 11.6 Å². The molecular weight excluding hydrogens is 418 g/mol. The van der Waals surface area contributed by atoms with Crippen molar-refractivity contribution in [1.82, 2.24) is 14.9 Å². The molecule has 4 rings (SSSR count). The van der Waals surface area contributed by atoms with Gasteiger partial charge in [0.15, 0.2) is 5.13 Å². The second-order valence-electron chi connectivity index (χ2n) is 6.71. The highest BCUT2D eigenvalue weighted by Crippen LogP contribution is 2.23. The molecule has 0 aliphatic rings. The van der Waals surface area contributed by atoms with Crippen LogP contribution in [0, 0.1) is 6.92 Å². The molecule has 0 spiro atoms. The van der Waals surface area contributed by atoms with E-state index in [1.165, 1.54) is 15.9 Å². The summed E-state index contributed by atoms with van der Waals surface area (Å²) in [6, 6.07) is 20.4. The van der Waals surface area contributed by atoms with Crippen molar-refractivity contribution in [3.8, 4) is 16.3 Å². The van der Waals surface area contributed by atoms with Crippen molar-refractivity contribution < 1.29 is 4.79 Å². The van der Waals surface area contributed by atoms with E-state index in [1.807, 2.05) is 48.5 Å². The fourth-order valence-corrected chi connectivity index (χ4v) is 4.11. The largest absolute Gasteiger partial charge is 0.347 e. The number of amides is 1. The fraction of sp³-hybridized carbons (Fsp3) is 0.0870. The minimum Gasteiger partial charge on any atom is -0.347 e. The fourth-order valence-electron chi connectivity index (χ4n) is 3.01. The summed E-state index contributed by atoms with van der Waals surface area (Å²) in [5, 5.41) is 4.01. The molecule has 2 aromatic carbocycles. The number of rotatable bonds is 5. The number of hydrogen-bond donors (Lipinski definition) is 1. The van der Waals surface area contributed by atoms with Gasteiger partial charge in [0, 0.05) is 23.8 Å². The molecule has 0 unspecified atom stereocenters. The van der Waals surface area contributed by atoms with Crippen molar-refractivity contribution >= 4 is 28.8 Å². The Morgan fingerprint density at radius 2 is 1.80 bits per heavy atom. The van der Waals surface area contributed by atoms with Gasteiger partial charge in [-0.3, -0.25) is 14.2 Å². The van der Waals surface area contributed by atoms with Crippen LogP contribution < -0.4 is 10.9 Å². The lowest BCUT2D eigenvalue weighted by Gasteiger charge is -2.05. The van der Waals surface area contributed by atoms with E-state index >= 15 is 0 Å². The van der Waals surface area contributed by atoms with Gasteiger partial charge in [0.1, 0.15) is 4.88 Å². The van der Waals surface area contributed by atoms with Crippen LogP contribution in [0.3, 0.4) is 0 Å². The van der Waals surface area contributed by atoms with Crippen molar-refractivity contribution in [2.24, 2.45) is 0 Å². The maximum atomic E-state index is 12.7. The zero-order chi connectivity index (χ0) is 21.1. The molecule has 1 N–H and O–H groups in total. The van der Waals surface area contributed by atoms with Gasteiger partial charge in [-0.1, -0.05) is 65.4 Å². The van der Waals surface area contributed by atoms with E-state index < -0.39 is 0 Å². The molecule has 0 aliphatic heterocycles. The maximum Gasteiger partial charge on any atom is 0.263 e. The van der Waals surface area contributed by atoms with Gasteiger partial charge in [-0.05, 0) is 41.8 Å². The van der Waals surface area contributed by atoms with Crippen LogP contribution in [0.2, 0.25) is 5.02 Å². The summed E-state index contributed by atoms with van der Waals surface area (Å²) < 4.78 is 1.45. The normalized spacial score (nSPS) is 10.7. The number of nitrogens with zero attached hydrogens (tertiary/aromatic N) is 2. The monoisotopic (exact) mass is 435 g/mol. The van der Waals surface area contributed by atoms with E-state index in [2.05, 4.69) is 10.3 Å². The number of benzene rings is 2. The molecule has 0 saturated heterocycles. The highest BCUT2D eigenvalue weighted by Gasteiger charge is 2.17. The predicted octanol–water partition coefficient (Wildman–Crippen LogP) is 4.85. The number of carbonyl (C=O) groups is 1. The van der Waals surface area contributed by atoms with Crippen LogP contribution in [0.5, 0.6) is 0 Å². The summed E-state index contributed by atoms with van der Waals surface area (Å²) in [5.41, 5.74) is 3.09. The van der Waals surface area contributed by atoms with E-state index in [-0.39, 0.29) is 11.5 Å². The molecule has 1 amide bonds.